The van der Waals surface area contributed by atoms with Gasteiger partial charge in [-0.15, -0.1) is 10.2 Å². The minimum absolute atomic E-state index is 0.291. The van der Waals surface area contributed by atoms with E-state index in [-0.39, 0.29) is 0 Å². The summed E-state index contributed by atoms with van der Waals surface area (Å²) in [6.45, 7) is -2.44. The highest BCUT2D eigenvalue weighted by Crippen LogP contribution is 2.50. The molecular weight excluding hydrogens is 596 g/mol. The van der Waals surface area contributed by atoms with Crippen molar-refractivity contribution in [3.05, 3.63) is 72.8 Å². The number of aliphatic hydroxyl groups excluding tert-OH is 2. The number of benzene rings is 2. The van der Waals surface area contributed by atoms with E-state index in [0.717, 1.165) is 0 Å². The fraction of sp³-hybridized carbons (Fsp3) is 0.222. The van der Waals surface area contributed by atoms with Crippen LogP contribution in [0.15, 0.2) is 16.5 Å². The molecule has 0 atom stereocenters. The lowest BCUT2D eigenvalue weighted by Gasteiger charge is -2.10. The molecule has 25 heteroatoms. The summed E-state index contributed by atoms with van der Waals surface area (Å²) in [6, 6.07) is 0.583. The minimum atomic E-state index is -1.37. The Morgan fingerprint density at radius 2 is 0.907 bits per heavy atom. The fourth-order valence-electron chi connectivity index (χ4n) is 3.78. The molecule has 0 aliphatic heterocycles. The number of aromatic nitrogens is 2. The number of nitro groups is 6. The molecule has 0 spiro atoms. The first kappa shape index (κ1) is 31.0. The van der Waals surface area contributed by atoms with Crippen LogP contribution in [0.2, 0.25) is 0 Å². The number of rotatable bonds is 14. The van der Waals surface area contributed by atoms with Crippen molar-refractivity contribution in [2.24, 2.45) is 0 Å². The molecule has 0 bridgehead atoms. The zero-order chi connectivity index (χ0) is 32.2. The molecule has 4 N–H and O–H groups in total. The summed E-state index contributed by atoms with van der Waals surface area (Å²) in [6.07, 6.45) is 0. The molecule has 226 valence electrons. The maximum absolute atomic E-state index is 12.0. The molecule has 3 rings (SSSR count). The lowest BCUT2D eigenvalue weighted by atomic mass is 10.1. The van der Waals surface area contributed by atoms with Crippen molar-refractivity contribution in [2.75, 3.05) is 36.9 Å². The van der Waals surface area contributed by atoms with Crippen LogP contribution in [0, 0.1) is 60.7 Å². The van der Waals surface area contributed by atoms with Crippen molar-refractivity contribution in [2.45, 2.75) is 0 Å². The molecule has 2 aromatic carbocycles. The molecule has 3 aromatic rings. The van der Waals surface area contributed by atoms with Crippen molar-refractivity contribution in [1.29, 1.82) is 0 Å². The Hall–Kier alpha value is -6.50. The average molecular weight is 610 g/mol. The van der Waals surface area contributed by atoms with Crippen molar-refractivity contribution >= 4 is 45.5 Å². The van der Waals surface area contributed by atoms with Crippen LogP contribution in [-0.4, -0.2) is 76.3 Å². The van der Waals surface area contributed by atoms with Crippen LogP contribution in [0.25, 0.3) is 22.9 Å². The van der Waals surface area contributed by atoms with Crippen LogP contribution in [0.4, 0.5) is 45.5 Å². The number of hydrogen-bond donors (Lipinski definition) is 4. The first-order valence-electron chi connectivity index (χ1n) is 11.1. The third kappa shape index (κ3) is 5.85. The molecule has 0 aliphatic carbocycles. The van der Waals surface area contributed by atoms with E-state index >= 15 is 0 Å². The van der Waals surface area contributed by atoms with Crippen molar-refractivity contribution < 1.29 is 44.2 Å². The summed E-state index contributed by atoms with van der Waals surface area (Å²) in [5.74, 6) is -2.33. The van der Waals surface area contributed by atoms with Crippen molar-refractivity contribution in [3.63, 3.8) is 0 Å². The standard InChI is InChI=1S/C18H14N10O15/c29-3-1-19-13-9(25(35)36)5-7(23(31)32)11(15(13)27(39)40)17-21-22-18(43-17)12-8(24(33)34)6-10(26(37)38)14(20-2-4-30)16(12)28(41)42/h5-6,19-20,29-30H,1-4H2. The Morgan fingerprint density at radius 3 is 1.16 bits per heavy atom. The number of nitrogens with zero attached hydrogens (tertiary/aromatic N) is 8. The van der Waals surface area contributed by atoms with Gasteiger partial charge in [-0.2, -0.15) is 0 Å². The quantitative estimate of drug-likeness (QED) is 0.149. The maximum Gasteiger partial charge on any atom is 0.319 e. The Balaban J connectivity index is 2.48. The topological polar surface area (TPSA) is 362 Å². The third-order valence-corrected chi connectivity index (χ3v) is 5.35. The van der Waals surface area contributed by atoms with E-state index in [1.165, 1.54) is 0 Å². The molecule has 0 unspecified atom stereocenters. The molecule has 43 heavy (non-hydrogen) atoms. The van der Waals surface area contributed by atoms with Crippen LogP contribution in [0.5, 0.6) is 0 Å². The second kappa shape index (κ2) is 12.3. The van der Waals surface area contributed by atoms with Crippen LogP contribution in [-0.2, 0) is 0 Å². The molecule has 0 amide bonds. The van der Waals surface area contributed by atoms with Gasteiger partial charge >= 0.3 is 22.7 Å². The van der Waals surface area contributed by atoms with Gasteiger partial charge in [-0.3, -0.25) is 60.7 Å². The van der Waals surface area contributed by atoms with Gasteiger partial charge in [-0.25, -0.2) is 0 Å². The number of nitrogens with one attached hydrogen (secondary N) is 2. The molecule has 0 aliphatic rings. The van der Waals surface area contributed by atoms with Gasteiger partial charge in [0.15, 0.2) is 22.5 Å². The highest BCUT2D eigenvalue weighted by atomic mass is 16.7. The lowest BCUT2D eigenvalue weighted by molar-refractivity contribution is -0.401. The van der Waals surface area contributed by atoms with Gasteiger partial charge in [-0.1, -0.05) is 0 Å². The van der Waals surface area contributed by atoms with Crippen LogP contribution < -0.4 is 10.6 Å². The monoisotopic (exact) mass is 610 g/mol. The van der Waals surface area contributed by atoms with Crippen LogP contribution in [0.3, 0.4) is 0 Å². The summed E-state index contributed by atoms with van der Waals surface area (Å²) < 4.78 is 5.20. The van der Waals surface area contributed by atoms with E-state index in [2.05, 4.69) is 20.8 Å². The van der Waals surface area contributed by atoms with Crippen LogP contribution in [0.1, 0.15) is 0 Å². The second-order valence-electron chi connectivity index (χ2n) is 7.78. The normalized spacial score (nSPS) is 10.7. The molecule has 25 nitrogen and oxygen atoms in total. The molecule has 1 aromatic heterocycles. The highest BCUT2D eigenvalue weighted by Gasteiger charge is 2.43. The first-order valence-corrected chi connectivity index (χ1v) is 11.1. The molecule has 0 saturated heterocycles. The number of hydrogen-bond acceptors (Lipinski definition) is 19. The summed E-state index contributed by atoms with van der Waals surface area (Å²) in [7, 11) is 0. The Kier molecular flexibility index (Phi) is 8.91. The van der Waals surface area contributed by atoms with E-state index in [1.807, 2.05) is 0 Å². The van der Waals surface area contributed by atoms with Gasteiger partial charge in [0.25, 0.3) is 23.2 Å². The van der Waals surface area contributed by atoms with E-state index in [4.69, 9.17) is 14.6 Å². The fourth-order valence-corrected chi connectivity index (χ4v) is 3.78. The number of aliphatic hydroxyl groups is 2. The molecule has 0 saturated carbocycles. The Labute approximate surface area is 233 Å². The van der Waals surface area contributed by atoms with Gasteiger partial charge in [-0.05, 0) is 0 Å². The molecule has 0 radical (unpaired) electrons. The number of anilines is 2. The van der Waals surface area contributed by atoms with E-state index in [9.17, 15) is 60.7 Å². The first-order chi connectivity index (χ1) is 20.3. The predicted octanol–water partition coefficient (Wildman–Crippen LogP) is 1.66. The summed E-state index contributed by atoms with van der Waals surface area (Å²) in [5.41, 5.74) is -11.9. The van der Waals surface area contributed by atoms with E-state index in [0.29, 0.717) is 12.1 Å². The maximum atomic E-state index is 12.0. The molecular formula is C18H14N10O15. The van der Waals surface area contributed by atoms with Gasteiger partial charge in [0.1, 0.15) is 0 Å². The Morgan fingerprint density at radius 1 is 0.581 bits per heavy atom. The Bertz CT molecular complexity index is 1570. The number of nitro benzene ring substituents is 6. The smallest absolute Gasteiger partial charge is 0.319 e. The van der Waals surface area contributed by atoms with Crippen molar-refractivity contribution in [3.8, 4) is 22.9 Å². The lowest BCUT2D eigenvalue weighted by Crippen LogP contribution is -2.11. The van der Waals surface area contributed by atoms with E-state index < -0.39 is 124 Å². The van der Waals surface area contributed by atoms with Gasteiger partial charge in [0.2, 0.25) is 0 Å². The van der Waals surface area contributed by atoms with Crippen molar-refractivity contribution in [1.82, 2.24) is 10.2 Å². The summed E-state index contributed by atoms with van der Waals surface area (Å²) >= 11 is 0. The molecule has 0 fully saturated rings. The summed E-state index contributed by atoms with van der Waals surface area (Å²) in [5, 5.41) is 100. The van der Waals surface area contributed by atoms with E-state index in [1.54, 1.807) is 0 Å². The third-order valence-electron chi connectivity index (χ3n) is 5.35. The highest BCUT2D eigenvalue weighted by molar-refractivity contribution is 5.93. The molecule has 1 heterocycles. The minimum Gasteiger partial charge on any atom is -0.415 e. The summed E-state index contributed by atoms with van der Waals surface area (Å²) in [4.78, 5) is 63.3. The zero-order valence-corrected chi connectivity index (χ0v) is 20.8. The SMILES string of the molecule is O=[N+]([O-])c1cc([N+](=O)[O-])c(-c2nnc(-c3c([N+](=O)[O-])cc([N+](=O)[O-])c(NCCO)c3[N+](=O)[O-])o2)c([N+](=O)[O-])c1NCCO. The van der Waals surface area contributed by atoms with Gasteiger partial charge < -0.3 is 25.3 Å². The zero-order valence-electron chi connectivity index (χ0n) is 20.8. The largest absolute Gasteiger partial charge is 0.415 e. The van der Waals surface area contributed by atoms with Crippen LogP contribution >= 0.6 is 0 Å². The second-order valence-corrected chi connectivity index (χ2v) is 7.78. The van der Waals surface area contributed by atoms with Gasteiger partial charge in [0, 0.05) is 13.1 Å². The average Bonchev–Trinajstić information content (AvgIpc) is 3.42. The predicted molar refractivity (Wildman–Crippen MR) is 136 cm³/mol. The van der Waals surface area contributed by atoms with Gasteiger partial charge in [0.05, 0.1) is 54.9 Å².